The van der Waals surface area contributed by atoms with E-state index in [2.05, 4.69) is 9.80 Å². The van der Waals surface area contributed by atoms with Gasteiger partial charge in [0, 0.05) is 77.5 Å². The topological polar surface area (TPSA) is 140 Å². The highest BCUT2D eigenvalue weighted by Crippen LogP contribution is 2.25. The lowest BCUT2D eigenvalue weighted by molar-refractivity contribution is 0.102. The van der Waals surface area contributed by atoms with Gasteiger partial charge >= 0.3 is 16.9 Å². The predicted octanol–water partition coefficient (Wildman–Crippen LogP) is 7.86. The number of anilines is 2. The fraction of sp³-hybridized carbons (Fsp3) is 0.205. The molecule has 0 radical (unpaired) electrons. The fourth-order valence-electron chi connectivity index (χ4n) is 6.35. The molecule has 0 unspecified atom stereocenters. The van der Waals surface area contributed by atoms with Gasteiger partial charge in [0.05, 0.1) is 7.11 Å². The molecule has 3 heterocycles. The van der Waals surface area contributed by atoms with Gasteiger partial charge < -0.3 is 27.8 Å². The zero-order chi connectivity index (χ0) is 39.2. The summed E-state index contributed by atoms with van der Waals surface area (Å²) in [6.45, 7) is 11.5. The van der Waals surface area contributed by atoms with Crippen LogP contribution in [0, 0.1) is 0 Å². The van der Waals surface area contributed by atoms with Crippen LogP contribution in [0.15, 0.2) is 131 Å². The molecule has 7 rings (SSSR count). The van der Waals surface area contributed by atoms with Crippen LogP contribution in [0.1, 0.15) is 59.5 Å². The average molecular weight is 741 g/mol. The molecule has 0 aliphatic carbocycles. The largest absolute Gasteiger partial charge is 0.497 e. The van der Waals surface area contributed by atoms with Crippen molar-refractivity contribution in [2.75, 3.05) is 43.1 Å². The van der Waals surface area contributed by atoms with Crippen LogP contribution < -0.4 is 31.4 Å². The number of rotatable bonds is 11. The first kappa shape index (κ1) is 38.0. The van der Waals surface area contributed by atoms with E-state index in [1.54, 1.807) is 72.8 Å². The molecule has 0 amide bonds. The van der Waals surface area contributed by atoms with Crippen LogP contribution in [-0.4, -0.2) is 44.9 Å². The minimum absolute atomic E-state index is 0.0267. The van der Waals surface area contributed by atoms with Crippen LogP contribution in [0.3, 0.4) is 0 Å². The normalized spacial score (nSPS) is 10.9. The molecule has 4 aromatic carbocycles. The number of methoxy groups -OCH3 is 1. The lowest BCUT2D eigenvalue weighted by atomic mass is 10.0. The Morgan fingerprint density at radius 3 is 1.33 bits per heavy atom. The molecule has 11 nitrogen and oxygen atoms in total. The smallest absolute Gasteiger partial charge is 0.347 e. The Balaban J connectivity index is 0.000000209. The molecule has 11 heteroatoms. The van der Waals surface area contributed by atoms with Crippen LogP contribution in [0.4, 0.5) is 11.4 Å². The summed E-state index contributed by atoms with van der Waals surface area (Å²) >= 11 is 0. The number of benzene rings is 4. The maximum absolute atomic E-state index is 13.2. The number of nitrogens with zero attached hydrogens (tertiary/aromatic N) is 2. The summed E-state index contributed by atoms with van der Waals surface area (Å²) < 4.78 is 21.2. The van der Waals surface area contributed by atoms with Gasteiger partial charge in [0.2, 0.25) is 5.78 Å². The minimum atomic E-state index is -0.787. The molecule has 0 bridgehead atoms. The van der Waals surface area contributed by atoms with Crippen molar-refractivity contribution in [3.05, 3.63) is 157 Å². The third-order valence-electron chi connectivity index (χ3n) is 9.41. The van der Waals surface area contributed by atoms with Gasteiger partial charge in [0.15, 0.2) is 5.78 Å². The average Bonchev–Trinajstić information content (AvgIpc) is 3.20. The molecule has 0 saturated carbocycles. The highest BCUT2D eigenvalue weighted by Gasteiger charge is 2.22. The number of ether oxygens (including phenoxy) is 1. The fourth-order valence-corrected chi connectivity index (χ4v) is 6.35. The Kier molecular flexibility index (Phi) is 11.4. The molecule has 0 fully saturated rings. The SMILES string of the molecule is CCN(CC)c1ccc2cc(C(=O)c3cc4ccc(N(CC)CC)cc4oc3=O)c(=O)oc2c1.COc1ccc2cc(C(=O)c3ccccc3)c(=O)oc2c1. The summed E-state index contributed by atoms with van der Waals surface area (Å²) in [6, 6.07) is 29.3. The number of carbonyl (C=O) groups is 2. The standard InChI is InChI=1S/C27H28N2O5.C17H12O4/c1-5-28(6-2)19-11-9-17-13-21(26(31)33-23(17)15-19)25(30)22-14-18-10-12-20(29(7-3)8-4)16-24(18)34-27(22)32;1-20-13-8-7-12-9-14(17(19)21-15(12)10-13)16(18)11-5-3-2-4-6-11/h9-16H,5-8H2,1-4H3;2-10H,1H3. The van der Waals surface area contributed by atoms with Crippen molar-refractivity contribution in [3.63, 3.8) is 0 Å². The highest BCUT2D eigenvalue weighted by atomic mass is 16.5. The number of fused-ring (bicyclic) bond motifs is 3. The first-order valence-electron chi connectivity index (χ1n) is 18.0. The lowest BCUT2D eigenvalue weighted by Gasteiger charge is -2.21. The highest BCUT2D eigenvalue weighted by molar-refractivity contribution is 6.11. The summed E-state index contributed by atoms with van der Waals surface area (Å²) in [5, 5.41) is 1.88. The summed E-state index contributed by atoms with van der Waals surface area (Å²) in [6.07, 6.45) is 0. The van der Waals surface area contributed by atoms with Gasteiger partial charge in [-0.15, -0.1) is 0 Å². The molecule has 0 N–H and O–H groups in total. The zero-order valence-electron chi connectivity index (χ0n) is 31.2. The molecule has 55 heavy (non-hydrogen) atoms. The van der Waals surface area contributed by atoms with Crippen molar-refractivity contribution in [2.24, 2.45) is 0 Å². The molecule has 0 atom stereocenters. The molecule has 0 spiro atoms. The van der Waals surface area contributed by atoms with Crippen LogP contribution in [-0.2, 0) is 0 Å². The Morgan fingerprint density at radius 2 is 0.909 bits per heavy atom. The van der Waals surface area contributed by atoms with E-state index in [-0.39, 0.29) is 22.5 Å². The van der Waals surface area contributed by atoms with Crippen molar-refractivity contribution >= 4 is 55.8 Å². The molecular formula is C44H40N2O9. The van der Waals surface area contributed by atoms with Crippen molar-refractivity contribution in [1.82, 2.24) is 0 Å². The molecular weight excluding hydrogens is 700 g/mol. The van der Waals surface area contributed by atoms with E-state index in [1.807, 2.05) is 45.9 Å². The first-order chi connectivity index (χ1) is 26.6. The van der Waals surface area contributed by atoms with Gasteiger partial charge in [-0.3, -0.25) is 9.59 Å². The molecule has 3 aromatic heterocycles. The van der Waals surface area contributed by atoms with Crippen LogP contribution in [0.25, 0.3) is 32.9 Å². The van der Waals surface area contributed by atoms with Crippen molar-refractivity contribution in [3.8, 4) is 5.75 Å². The Morgan fingerprint density at radius 1 is 0.509 bits per heavy atom. The Hall–Kier alpha value is -6.75. The first-order valence-corrected chi connectivity index (χ1v) is 18.0. The van der Waals surface area contributed by atoms with Crippen LogP contribution >= 0.6 is 0 Å². The van der Waals surface area contributed by atoms with E-state index in [4.69, 9.17) is 18.0 Å². The Labute approximate surface area is 316 Å². The third-order valence-corrected chi connectivity index (χ3v) is 9.41. The second-order valence-corrected chi connectivity index (χ2v) is 12.6. The summed E-state index contributed by atoms with van der Waals surface area (Å²) in [5.74, 6) is -0.471. The molecule has 0 saturated heterocycles. The molecule has 0 aliphatic heterocycles. The van der Waals surface area contributed by atoms with Crippen molar-refractivity contribution in [1.29, 1.82) is 0 Å². The Bertz CT molecular complexity index is 2590. The predicted molar refractivity (Wildman–Crippen MR) is 214 cm³/mol. The maximum Gasteiger partial charge on any atom is 0.347 e. The van der Waals surface area contributed by atoms with E-state index < -0.39 is 22.7 Å². The van der Waals surface area contributed by atoms with Crippen molar-refractivity contribution < 1.29 is 27.6 Å². The van der Waals surface area contributed by atoms with Crippen LogP contribution in [0.2, 0.25) is 0 Å². The quantitative estimate of drug-likeness (QED) is 0.0946. The number of ketones is 2. The van der Waals surface area contributed by atoms with E-state index in [0.29, 0.717) is 44.2 Å². The van der Waals surface area contributed by atoms with E-state index in [1.165, 1.54) is 19.2 Å². The molecule has 7 aromatic rings. The van der Waals surface area contributed by atoms with Crippen molar-refractivity contribution in [2.45, 2.75) is 27.7 Å². The summed E-state index contributed by atoms with van der Waals surface area (Å²) in [4.78, 5) is 67.2. The van der Waals surface area contributed by atoms with Crippen LogP contribution in [0.5, 0.6) is 5.75 Å². The van der Waals surface area contributed by atoms with Gasteiger partial charge in [-0.25, -0.2) is 14.4 Å². The van der Waals surface area contributed by atoms with E-state index >= 15 is 0 Å². The van der Waals surface area contributed by atoms with Gasteiger partial charge in [0.25, 0.3) is 0 Å². The van der Waals surface area contributed by atoms with E-state index in [0.717, 1.165) is 37.6 Å². The minimum Gasteiger partial charge on any atom is -0.497 e. The molecule has 0 aliphatic rings. The zero-order valence-corrected chi connectivity index (χ0v) is 31.2. The van der Waals surface area contributed by atoms with Gasteiger partial charge in [-0.2, -0.15) is 0 Å². The van der Waals surface area contributed by atoms with Gasteiger partial charge in [-0.1, -0.05) is 30.3 Å². The number of carbonyl (C=O) groups excluding carboxylic acids is 2. The maximum atomic E-state index is 13.2. The van der Waals surface area contributed by atoms with E-state index in [9.17, 15) is 24.0 Å². The third kappa shape index (κ3) is 7.96. The summed E-state index contributed by atoms with van der Waals surface area (Å²) in [5.41, 5.74) is 0.893. The second-order valence-electron chi connectivity index (χ2n) is 12.6. The second kappa shape index (κ2) is 16.5. The van der Waals surface area contributed by atoms with Gasteiger partial charge in [-0.05, 0) is 82.3 Å². The lowest BCUT2D eigenvalue weighted by Crippen LogP contribution is -2.22. The number of hydrogen-bond donors (Lipinski definition) is 0. The molecule has 280 valence electrons. The number of hydrogen-bond acceptors (Lipinski definition) is 11. The monoisotopic (exact) mass is 740 g/mol. The summed E-state index contributed by atoms with van der Waals surface area (Å²) in [7, 11) is 1.53. The van der Waals surface area contributed by atoms with Gasteiger partial charge in [0.1, 0.15) is 39.2 Å².